The fraction of sp³-hybridized carbons (Fsp3) is 0.250. The minimum Gasteiger partial charge on any atom is -0.496 e. The largest absolute Gasteiger partial charge is 0.496 e. The molecule has 1 aromatic heterocycles. The van der Waals surface area contributed by atoms with Crippen LogP contribution in [0.4, 0.5) is 11.8 Å². The quantitative estimate of drug-likeness (QED) is 0.585. The van der Waals surface area contributed by atoms with Crippen molar-refractivity contribution in [2.45, 2.75) is 12.8 Å². The van der Waals surface area contributed by atoms with Crippen molar-refractivity contribution in [2.24, 2.45) is 0 Å². The van der Waals surface area contributed by atoms with Gasteiger partial charge in [0.1, 0.15) is 5.75 Å². The van der Waals surface area contributed by atoms with Crippen LogP contribution in [0.25, 0.3) is 0 Å². The van der Waals surface area contributed by atoms with E-state index in [2.05, 4.69) is 31.9 Å². The maximum Gasteiger partial charge on any atom is 0.244 e. The van der Waals surface area contributed by atoms with Crippen molar-refractivity contribution < 1.29 is 4.74 Å². The second-order valence-electron chi connectivity index (χ2n) is 5.96. The van der Waals surface area contributed by atoms with E-state index in [1.807, 2.05) is 42.5 Å². The van der Waals surface area contributed by atoms with E-state index < -0.39 is 0 Å². The molecule has 3 aromatic rings. The van der Waals surface area contributed by atoms with Crippen molar-refractivity contribution in [3.63, 3.8) is 0 Å². The number of hydrogen-bond donors (Lipinski definition) is 2. The number of benzene rings is 2. The maximum absolute atomic E-state index is 5.90. The summed E-state index contributed by atoms with van der Waals surface area (Å²) in [6.07, 6.45) is 3.30. The predicted octanol–water partition coefficient (Wildman–Crippen LogP) is 3.84. The molecule has 0 aliphatic rings. The van der Waals surface area contributed by atoms with Crippen molar-refractivity contribution in [1.29, 1.82) is 0 Å². The highest BCUT2D eigenvalue weighted by atomic mass is 35.5. The topological polar surface area (TPSA) is 72.0 Å². The molecule has 0 fully saturated rings. The van der Waals surface area contributed by atoms with Gasteiger partial charge in [0, 0.05) is 18.1 Å². The molecule has 3 rings (SSSR count). The lowest BCUT2D eigenvalue weighted by atomic mass is 10.1. The second-order valence-corrected chi connectivity index (χ2v) is 6.39. The number of nitrogens with one attached hydrogen (secondary N) is 2. The highest BCUT2D eigenvalue weighted by Gasteiger charge is 2.03. The third-order valence-electron chi connectivity index (χ3n) is 4.06. The molecule has 0 amide bonds. The van der Waals surface area contributed by atoms with Gasteiger partial charge in [0.25, 0.3) is 0 Å². The molecule has 6 nitrogen and oxygen atoms in total. The van der Waals surface area contributed by atoms with Crippen LogP contribution in [0.5, 0.6) is 5.75 Å². The molecule has 27 heavy (non-hydrogen) atoms. The van der Waals surface area contributed by atoms with E-state index in [-0.39, 0.29) is 0 Å². The average Bonchev–Trinajstić information content (AvgIpc) is 2.70. The Morgan fingerprint density at radius 3 is 2.56 bits per heavy atom. The lowest BCUT2D eigenvalue weighted by Gasteiger charge is -2.10. The van der Waals surface area contributed by atoms with Crippen LogP contribution in [0.1, 0.15) is 11.1 Å². The van der Waals surface area contributed by atoms with Crippen LogP contribution >= 0.6 is 11.6 Å². The van der Waals surface area contributed by atoms with Crippen LogP contribution in [-0.2, 0) is 12.8 Å². The maximum atomic E-state index is 5.90. The Balaban J connectivity index is 1.47. The zero-order chi connectivity index (χ0) is 18.9. The van der Waals surface area contributed by atoms with Crippen LogP contribution in [0.2, 0.25) is 5.02 Å². The number of para-hydroxylation sites is 1. The summed E-state index contributed by atoms with van der Waals surface area (Å²) in [4.78, 5) is 4.44. The number of nitrogens with zero attached hydrogens (tertiary/aromatic N) is 3. The van der Waals surface area contributed by atoms with Crippen LogP contribution in [0.3, 0.4) is 0 Å². The molecule has 2 N–H and O–H groups in total. The fourth-order valence-corrected chi connectivity index (χ4v) is 2.79. The average molecular weight is 384 g/mol. The van der Waals surface area contributed by atoms with Crippen molar-refractivity contribution in [2.75, 3.05) is 30.8 Å². The van der Waals surface area contributed by atoms with Gasteiger partial charge < -0.3 is 15.4 Å². The predicted molar refractivity (Wildman–Crippen MR) is 109 cm³/mol. The van der Waals surface area contributed by atoms with Gasteiger partial charge in [-0.1, -0.05) is 41.9 Å². The minimum absolute atomic E-state index is 0.506. The third-order valence-corrected chi connectivity index (χ3v) is 4.31. The van der Waals surface area contributed by atoms with Gasteiger partial charge >= 0.3 is 0 Å². The molecule has 7 heteroatoms. The number of halogens is 1. The Labute approximate surface area is 164 Å². The van der Waals surface area contributed by atoms with Crippen molar-refractivity contribution in [3.8, 4) is 5.75 Å². The van der Waals surface area contributed by atoms with Gasteiger partial charge in [-0.3, -0.25) is 0 Å². The number of ether oxygens (including phenoxy) is 1. The van der Waals surface area contributed by atoms with Gasteiger partial charge in [-0.2, -0.15) is 10.1 Å². The summed E-state index contributed by atoms with van der Waals surface area (Å²) in [5.74, 6) is 2.09. The molecule has 2 aromatic carbocycles. The SMILES string of the molecule is COc1ccccc1CCNc1cnnc(NCCc2ccc(Cl)cc2)n1. The van der Waals surface area contributed by atoms with Gasteiger partial charge in [-0.05, 0) is 42.2 Å². The molecule has 0 atom stereocenters. The van der Waals surface area contributed by atoms with Crippen LogP contribution in [0.15, 0.2) is 54.7 Å². The first-order chi connectivity index (χ1) is 13.2. The van der Waals surface area contributed by atoms with Crippen LogP contribution in [-0.4, -0.2) is 35.4 Å². The summed E-state index contributed by atoms with van der Waals surface area (Å²) >= 11 is 5.90. The molecule has 0 aliphatic carbocycles. The lowest BCUT2D eigenvalue weighted by molar-refractivity contribution is 0.410. The summed E-state index contributed by atoms with van der Waals surface area (Å²) < 4.78 is 5.37. The van der Waals surface area contributed by atoms with Crippen LogP contribution in [0, 0.1) is 0 Å². The molecule has 1 heterocycles. The molecule has 0 spiro atoms. The summed E-state index contributed by atoms with van der Waals surface area (Å²) in [5.41, 5.74) is 2.35. The molecule has 0 radical (unpaired) electrons. The zero-order valence-corrected chi connectivity index (χ0v) is 15.9. The van der Waals surface area contributed by atoms with Crippen molar-refractivity contribution >= 4 is 23.4 Å². The molecule has 0 unspecified atom stereocenters. The molecular weight excluding hydrogens is 362 g/mol. The lowest BCUT2D eigenvalue weighted by Crippen LogP contribution is -2.12. The second kappa shape index (κ2) is 9.73. The van der Waals surface area contributed by atoms with Gasteiger partial charge in [-0.15, -0.1) is 5.10 Å². The van der Waals surface area contributed by atoms with Gasteiger partial charge in [-0.25, -0.2) is 0 Å². The third kappa shape index (κ3) is 5.82. The summed E-state index contributed by atoms with van der Waals surface area (Å²) in [7, 11) is 1.68. The van der Waals surface area contributed by atoms with E-state index in [1.165, 1.54) is 5.56 Å². The highest BCUT2D eigenvalue weighted by molar-refractivity contribution is 6.30. The first-order valence-electron chi connectivity index (χ1n) is 8.78. The van der Waals surface area contributed by atoms with E-state index >= 15 is 0 Å². The summed E-state index contributed by atoms with van der Waals surface area (Å²) in [6.45, 7) is 1.44. The van der Waals surface area contributed by atoms with E-state index in [4.69, 9.17) is 16.3 Å². The Morgan fingerprint density at radius 2 is 1.74 bits per heavy atom. The number of rotatable bonds is 9. The van der Waals surface area contributed by atoms with Crippen molar-refractivity contribution in [3.05, 3.63) is 70.9 Å². The molecular formula is C20H22ClN5O. The Bertz CT molecular complexity index is 857. The number of anilines is 2. The fourth-order valence-electron chi connectivity index (χ4n) is 2.67. The van der Waals surface area contributed by atoms with Crippen LogP contribution < -0.4 is 15.4 Å². The number of hydrogen-bond acceptors (Lipinski definition) is 6. The first kappa shape index (κ1) is 18.9. The molecule has 0 saturated carbocycles. The number of methoxy groups -OCH3 is 1. The van der Waals surface area contributed by atoms with E-state index in [1.54, 1.807) is 13.3 Å². The van der Waals surface area contributed by atoms with E-state index in [0.29, 0.717) is 18.3 Å². The standard InChI is InChI=1S/C20H22ClN5O/c1-27-18-5-3-2-4-16(18)11-13-22-19-14-24-26-20(25-19)23-12-10-15-6-8-17(21)9-7-15/h2-9,14H,10-13H2,1H3,(H2,22,23,25,26). The van der Waals surface area contributed by atoms with Crippen molar-refractivity contribution in [1.82, 2.24) is 15.2 Å². The molecule has 0 saturated heterocycles. The molecule has 0 aliphatic heterocycles. The van der Waals surface area contributed by atoms with E-state index in [9.17, 15) is 0 Å². The summed E-state index contributed by atoms with van der Waals surface area (Å²) in [5, 5.41) is 15.2. The number of aromatic nitrogens is 3. The smallest absolute Gasteiger partial charge is 0.244 e. The highest BCUT2D eigenvalue weighted by Crippen LogP contribution is 2.17. The monoisotopic (exact) mass is 383 g/mol. The Morgan fingerprint density at radius 1 is 0.963 bits per heavy atom. The van der Waals surface area contributed by atoms with Gasteiger partial charge in [0.05, 0.1) is 13.3 Å². The summed E-state index contributed by atoms with van der Waals surface area (Å²) in [6, 6.07) is 15.8. The Kier molecular flexibility index (Phi) is 6.82. The van der Waals surface area contributed by atoms with E-state index in [0.717, 1.165) is 35.7 Å². The molecule has 0 bridgehead atoms. The van der Waals surface area contributed by atoms with Gasteiger partial charge in [0.15, 0.2) is 5.82 Å². The minimum atomic E-state index is 0.506. The Hall–Kier alpha value is -2.86. The first-order valence-corrected chi connectivity index (χ1v) is 9.16. The normalized spacial score (nSPS) is 10.4. The van der Waals surface area contributed by atoms with Gasteiger partial charge in [0.2, 0.25) is 5.95 Å². The zero-order valence-electron chi connectivity index (χ0n) is 15.2. The molecule has 140 valence electrons.